The third-order valence-corrected chi connectivity index (χ3v) is 9.25. The molecule has 8 unspecified atom stereocenters. The molecule has 6 N–H and O–H groups in total. The monoisotopic (exact) mass is 626 g/mol. The SMILES string of the molecule is COC1/C=C/CCC(SCC(N)C(=O)O)CC(=O)OC(/C(C)=C/C(C)C(=O)CC(O)CC2CC(=O)NC(=O)C2)C(C)C1O. The van der Waals surface area contributed by atoms with E-state index in [-0.39, 0.29) is 54.8 Å². The highest BCUT2D eigenvalue weighted by Gasteiger charge is 2.35. The van der Waals surface area contributed by atoms with Gasteiger partial charge in [-0.1, -0.05) is 32.1 Å². The van der Waals surface area contributed by atoms with Crippen molar-refractivity contribution in [3.63, 3.8) is 0 Å². The van der Waals surface area contributed by atoms with Crippen LogP contribution in [0.3, 0.4) is 0 Å². The van der Waals surface area contributed by atoms with Crippen LogP contribution in [0.2, 0.25) is 0 Å². The Kier molecular flexibility index (Phi) is 15.0. The molecule has 12 nitrogen and oxygen atoms in total. The highest BCUT2D eigenvalue weighted by Crippen LogP contribution is 2.29. The Morgan fingerprint density at radius 3 is 2.49 bits per heavy atom. The highest BCUT2D eigenvalue weighted by atomic mass is 32.2. The number of piperidine rings is 1. The number of aliphatic hydroxyl groups excluding tert-OH is 2. The molecular weight excluding hydrogens is 580 g/mol. The molecule has 13 heteroatoms. The van der Waals surface area contributed by atoms with Crippen LogP contribution in [0, 0.1) is 17.8 Å². The van der Waals surface area contributed by atoms with Crippen molar-refractivity contribution in [1.82, 2.24) is 5.32 Å². The van der Waals surface area contributed by atoms with E-state index < -0.39 is 66.0 Å². The van der Waals surface area contributed by atoms with Crippen molar-refractivity contribution in [2.45, 2.75) is 101 Å². The van der Waals surface area contributed by atoms with Crippen molar-refractivity contribution in [1.29, 1.82) is 0 Å². The van der Waals surface area contributed by atoms with Crippen LogP contribution < -0.4 is 11.1 Å². The summed E-state index contributed by atoms with van der Waals surface area (Å²) < 4.78 is 11.4. The number of aliphatic carboxylic acids is 1. The fourth-order valence-electron chi connectivity index (χ4n) is 5.36. The van der Waals surface area contributed by atoms with E-state index >= 15 is 0 Å². The molecule has 43 heavy (non-hydrogen) atoms. The zero-order valence-corrected chi connectivity index (χ0v) is 26.1. The van der Waals surface area contributed by atoms with Crippen molar-refractivity contribution in [3.8, 4) is 0 Å². The van der Waals surface area contributed by atoms with E-state index in [4.69, 9.17) is 20.3 Å². The first-order valence-electron chi connectivity index (χ1n) is 14.6. The van der Waals surface area contributed by atoms with E-state index in [0.717, 1.165) is 0 Å². The lowest BCUT2D eigenvalue weighted by Gasteiger charge is -2.32. The molecule has 2 aliphatic heterocycles. The van der Waals surface area contributed by atoms with Crippen LogP contribution in [0.5, 0.6) is 0 Å². The number of esters is 1. The summed E-state index contributed by atoms with van der Waals surface area (Å²) in [6.45, 7) is 5.09. The maximum absolute atomic E-state index is 13.1. The molecular formula is C30H46N2O10S. The van der Waals surface area contributed by atoms with Crippen molar-refractivity contribution in [3.05, 3.63) is 23.8 Å². The topological polar surface area (TPSA) is 203 Å². The molecule has 2 rings (SSSR count). The van der Waals surface area contributed by atoms with Gasteiger partial charge in [-0.25, -0.2) is 0 Å². The number of carbonyl (C=O) groups is 5. The van der Waals surface area contributed by atoms with E-state index in [1.54, 1.807) is 32.9 Å². The third-order valence-electron chi connectivity index (χ3n) is 7.83. The number of Topliss-reactive ketones (excluding diaryl/α,β-unsaturated/α-hetero) is 1. The Morgan fingerprint density at radius 1 is 1.23 bits per heavy atom. The molecule has 0 aromatic rings. The summed E-state index contributed by atoms with van der Waals surface area (Å²) in [6.07, 6.45) is 2.96. The van der Waals surface area contributed by atoms with Gasteiger partial charge in [0.25, 0.3) is 0 Å². The Morgan fingerprint density at radius 2 is 1.88 bits per heavy atom. The average Bonchev–Trinajstić information content (AvgIpc) is 2.92. The molecule has 2 aliphatic rings. The second kappa shape index (κ2) is 17.6. The molecule has 0 radical (unpaired) electrons. The first-order valence-corrected chi connectivity index (χ1v) is 15.6. The number of ketones is 1. The van der Waals surface area contributed by atoms with Crippen LogP contribution in [0.15, 0.2) is 23.8 Å². The maximum Gasteiger partial charge on any atom is 0.321 e. The number of aliphatic hydroxyl groups is 2. The number of hydrogen-bond acceptors (Lipinski definition) is 11. The number of nitrogens with two attached hydrogens (primary N) is 1. The first kappa shape index (κ1) is 36.6. The van der Waals surface area contributed by atoms with Gasteiger partial charge >= 0.3 is 11.9 Å². The van der Waals surface area contributed by atoms with E-state index in [1.165, 1.54) is 18.9 Å². The number of rotatable bonds is 12. The molecule has 0 aliphatic carbocycles. The second-order valence-corrected chi connectivity index (χ2v) is 12.9. The third kappa shape index (κ3) is 12.1. The van der Waals surface area contributed by atoms with Crippen LogP contribution in [0.25, 0.3) is 0 Å². The van der Waals surface area contributed by atoms with Crippen molar-refractivity contribution in [2.24, 2.45) is 23.5 Å². The summed E-state index contributed by atoms with van der Waals surface area (Å²) in [4.78, 5) is 60.5. The van der Waals surface area contributed by atoms with Crippen LogP contribution in [-0.2, 0) is 33.4 Å². The van der Waals surface area contributed by atoms with Gasteiger partial charge in [-0.15, -0.1) is 0 Å². The average molecular weight is 627 g/mol. The molecule has 242 valence electrons. The van der Waals surface area contributed by atoms with E-state index in [2.05, 4.69) is 5.32 Å². The van der Waals surface area contributed by atoms with E-state index in [1.807, 2.05) is 6.08 Å². The Hall–Kier alpha value is -2.58. The zero-order valence-electron chi connectivity index (χ0n) is 25.3. The Balaban J connectivity index is 2.17. The van der Waals surface area contributed by atoms with Crippen molar-refractivity contribution >= 4 is 41.3 Å². The van der Waals surface area contributed by atoms with Crippen LogP contribution >= 0.6 is 11.8 Å². The van der Waals surface area contributed by atoms with Crippen LogP contribution in [0.4, 0.5) is 0 Å². The fourth-order valence-corrected chi connectivity index (χ4v) is 6.54. The Labute approximate surface area is 256 Å². The predicted octanol–water partition coefficient (Wildman–Crippen LogP) is 1.51. The van der Waals surface area contributed by atoms with Crippen LogP contribution in [0.1, 0.15) is 65.7 Å². The molecule has 1 saturated heterocycles. The van der Waals surface area contributed by atoms with Crippen LogP contribution in [-0.4, -0.2) is 93.4 Å². The normalized spacial score (nSPS) is 29.3. The lowest BCUT2D eigenvalue weighted by atomic mass is 9.86. The molecule has 0 aromatic carbocycles. The molecule has 8 atom stereocenters. The molecule has 2 amide bonds. The van der Waals surface area contributed by atoms with Gasteiger partial charge < -0.3 is 30.5 Å². The van der Waals surface area contributed by atoms with Gasteiger partial charge in [0.05, 0.1) is 18.6 Å². The first-order chi connectivity index (χ1) is 20.2. The maximum atomic E-state index is 13.1. The zero-order chi connectivity index (χ0) is 32.3. The van der Waals surface area contributed by atoms with Gasteiger partial charge in [-0.05, 0) is 37.7 Å². The molecule has 0 saturated carbocycles. The lowest BCUT2D eigenvalue weighted by Crippen LogP contribution is -2.41. The second-order valence-electron chi connectivity index (χ2n) is 11.6. The molecule has 0 spiro atoms. The standard InChI is InChI=1S/C30H46N2O10S/c1-16(23(34)13-20(33)10-19-11-25(35)32-26(36)12-19)9-17(2)29-18(3)28(38)24(41-4)8-6-5-7-21(14-27(37)42-29)43-15-22(31)30(39)40/h6,8-9,16,18-22,24,28-29,33,38H,5,7,10-15,31H2,1-4H3,(H,39,40)(H,32,35,36)/b8-6+,17-9+. The number of thioether (sulfide) groups is 1. The summed E-state index contributed by atoms with van der Waals surface area (Å²) in [5.41, 5.74) is 6.19. The summed E-state index contributed by atoms with van der Waals surface area (Å²) in [5, 5.41) is 32.7. The predicted molar refractivity (Wildman–Crippen MR) is 160 cm³/mol. The van der Waals surface area contributed by atoms with Gasteiger partial charge in [0.1, 0.15) is 24.0 Å². The van der Waals surface area contributed by atoms with Gasteiger partial charge in [-0.3, -0.25) is 29.3 Å². The Bertz CT molecular complexity index is 1050. The van der Waals surface area contributed by atoms with Gasteiger partial charge in [0, 0.05) is 49.2 Å². The number of carbonyl (C=O) groups excluding carboxylic acids is 4. The number of cyclic esters (lactones) is 1. The molecule has 2 heterocycles. The minimum Gasteiger partial charge on any atom is -0.480 e. The quantitative estimate of drug-likeness (QED) is 0.119. The molecule has 1 fully saturated rings. The number of methoxy groups -OCH3 is 1. The number of allylic oxidation sites excluding steroid dienone is 2. The summed E-state index contributed by atoms with van der Waals surface area (Å²) in [7, 11) is 1.47. The van der Waals surface area contributed by atoms with Gasteiger partial charge in [0.15, 0.2) is 0 Å². The molecule has 0 bridgehead atoms. The van der Waals surface area contributed by atoms with Gasteiger partial charge in [0.2, 0.25) is 11.8 Å². The number of hydrogen-bond donors (Lipinski definition) is 5. The largest absolute Gasteiger partial charge is 0.480 e. The molecule has 0 aromatic heterocycles. The van der Waals surface area contributed by atoms with E-state index in [9.17, 15) is 34.2 Å². The minimum absolute atomic E-state index is 0.00746. The number of nitrogens with one attached hydrogen (secondary N) is 1. The minimum atomic E-state index is -1.12. The van der Waals surface area contributed by atoms with Gasteiger partial charge in [-0.2, -0.15) is 11.8 Å². The number of carboxylic acids is 1. The highest BCUT2D eigenvalue weighted by molar-refractivity contribution is 8.00. The van der Waals surface area contributed by atoms with Crippen molar-refractivity contribution < 1.29 is 48.8 Å². The fraction of sp³-hybridized carbons (Fsp3) is 0.700. The smallest absolute Gasteiger partial charge is 0.321 e. The summed E-state index contributed by atoms with van der Waals surface area (Å²) >= 11 is 1.29. The summed E-state index contributed by atoms with van der Waals surface area (Å²) in [6, 6.07) is -1.06. The summed E-state index contributed by atoms with van der Waals surface area (Å²) in [5.74, 6) is -4.19. The number of imide groups is 1. The number of amides is 2. The number of carboxylic acid groups (broad SMARTS) is 1. The lowest BCUT2D eigenvalue weighted by molar-refractivity contribution is -0.153. The number of ether oxygens (including phenoxy) is 2. The van der Waals surface area contributed by atoms with Crippen molar-refractivity contribution in [2.75, 3.05) is 12.9 Å². The van der Waals surface area contributed by atoms with E-state index in [0.29, 0.717) is 18.4 Å².